The smallest absolute Gasteiger partial charge is 0.303 e. The molecule has 0 saturated heterocycles. The summed E-state index contributed by atoms with van der Waals surface area (Å²) in [6, 6.07) is 7.38. The number of halogens is 1. The first-order valence-electron chi connectivity index (χ1n) is 8.34. The molecule has 0 fully saturated rings. The number of carboxylic acids is 1. The van der Waals surface area contributed by atoms with Crippen LogP contribution < -0.4 is 4.74 Å². The highest BCUT2D eigenvalue weighted by Gasteiger charge is 2.13. The Kier molecular flexibility index (Phi) is 5.18. The van der Waals surface area contributed by atoms with Gasteiger partial charge in [-0.05, 0) is 49.1 Å². The standard InChI is InChI=1S/C20H20ClNO4/c1-11-12(2)17(6-4-14(11)5-7-19(23)24)25-10-15-8-16(21)9-18-20(15)22-13(3)26-18/h4,6,8-9H,5,7,10H2,1-3H3,(H,23,24). The van der Waals surface area contributed by atoms with Crippen molar-refractivity contribution in [2.45, 2.75) is 40.2 Å². The number of rotatable bonds is 6. The largest absolute Gasteiger partial charge is 0.489 e. The van der Waals surface area contributed by atoms with Crippen molar-refractivity contribution in [3.05, 3.63) is 57.4 Å². The van der Waals surface area contributed by atoms with E-state index >= 15 is 0 Å². The summed E-state index contributed by atoms with van der Waals surface area (Å²) < 4.78 is 11.5. The van der Waals surface area contributed by atoms with Crippen LogP contribution >= 0.6 is 11.6 Å². The molecule has 1 heterocycles. The van der Waals surface area contributed by atoms with E-state index in [2.05, 4.69) is 4.98 Å². The second-order valence-electron chi connectivity index (χ2n) is 6.30. The number of carbonyl (C=O) groups is 1. The van der Waals surface area contributed by atoms with E-state index in [4.69, 9.17) is 25.9 Å². The van der Waals surface area contributed by atoms with Crippen LogP contribution in [0.3, 0.4) is 0 Å². The van der Waals surface area contributed by atoms with Crippen molar-refractivity contribution < 1.29 is 19.1 Å². The van der Waals surface area contributed by atoms with E-state index in [1.54, 1.807) is 13.0 Å². The maximum absolute atomic E-state index is 10.8. The molecule has 3 rings (SSSR count). The maximum Gasteiger partial charge on any atom is 0.303 e. The number of nitrogens with zero attached hydrogens (tertiary/aromatic N) is 1. The molecule has 5 nitrogen and oxygen atoms in total. The highest BCUT2D eigenvalue weighted by atomic mass is 35.5. The number of fused-ring (bicyclic) bond motifs is 1. The molecule has 0 amide bonds. The van der Waals surface area contributed by atoms with Crippen molar-refractivity contribution in [3.63, 3.8) is 0 Å². The van der Waals surface area contributed by atoms with Crippen LogP contribution in [0.2, 0.25) is 5.02 Å². The fourth-order valence-corrected chi connectivity index (χ4v) is 3.19. The number of aromatic nitrogens is 1. The average Bonchev–Trinajstić information content (AvgIpc) is 2.95. The van der Waals surface area contributed by atoms with E-state index in [1.807, 2.05) is 32.0 Å². The number of hydrogen-bond acceptors (Lipinski definition) is 4. The SMILES string of the molecule is Cc1nc2c(COc3ccc(CCC(=O)O)c(C)c3C)cc(Cl)cc2o1. The fourth-order valence-electron chi connectivity index (χ4n) is 2.96. The van der Waals surface area contributed by atoms with Gasteiger partial charge < -0.3 is 14.3 Å². The lowest BCUT2D eigenvalue weighted by Crippen LogP contribution is -2.03. The van der Waals surface area contributed by atoms with Gasteiger partial charge in [-0.25, -0.2) is 4.98 Å². The molecule has 0 atom stereocenters. The zero-order valence-electron chi connectivity index (χ0n) is 14.9. The molecule has 0 aliphatic carbocycles. The normalized spacial score (nSPS) is 11.1. The number of carboxylic acid groups (broad SMARTS) is 1. The van der Waals surface area contributed by atoms with Crippen LogP contribution in [0, 0.1) is 20.8 Å². The molecule has 0 bridgehead atoms. The zero-order valence-corrected chi connectivity index (χ0v) is 15.7. The molecule has 0 unspecified atom stereocenters. The molecular formula is C20H20ClNO4. The van der Waals surface area contributed by atoms with Crippen molar-refractivity contribution in [1.82, 2.24) is 4.98 Å². The summed E-state index contributed by atoms with van der Waals surface area (Å²) in [4.78, 5) is 15.2. The van der Waals surface area contributed by atoms with Gasteiger partial charge in [0.15, 0.2) is 11.5 Å². The Labute approximate surface area is 156 Å². The minimum absolute atomic E-state index is 0.118. The van der Waals surface area contributed by atoms with Crippen molar-refractivity contribution in [2.24, 2.45) is 0 Å². The van der Waals surface area contributed by atoms with Crippen molar-refractivity contribution in [3.8, 4) is 5.75 Å². The van der Waals surface area contributed by atoms with Gasteiger partial charge in [0.25, 0.3) is 0 Å². The molecule has 0 saturated carbocycles. The number of aliphatic carboxylic acids is 1. The van der Waals surface area contributed by atoms with Gasteiger partial charge in [-0.15, -0.1) is 0 Å². The summed E-state index contributed by atoms with van der Waals surface area (Å²) in [5.74, 6) is 0.545. The van der Waals surface area contributed by atoms with Crippen molar-refractivity contribution in [1.29, 1.82) is 0 Å². The Bertz CT molecular complexity index is 978. The number of ether oxygens (including phenoxy) is 1. The summed E-state index contributed by atoms with van der Waals surface area (Å²) in [5, 5.41) is 9.43. The second-order valence-corrected chi connectivity index (χ2v) is 6.74. The second kappa shape index (κ2) is 7.38. The van der Waals surface area contributed by atoms with Gasteiger partial charge in [-0.3, -0.25) is 4.79 Å². The van der Waals surface area contributed by atoms with Crippen LogP contribution in [0.15, 0.2) is 28.7 Å². The van der Waals surface area contributed by atoms with Gasteiger partial charge in [0, 0.05) is 30.0 Å². The van der Waals surface area contributed by atoms with Crippen LogP contribution in [0.1, 0.15) is 34.6 Å². The van der Waals surface area contributed by atoms with Crippen molar-refractivity contribution in [2.75, 3.05) is 0 Å². The first kappa shape index (κ1) is 18.3. The highest BCUT2D eigenvalue weighted by Crippen LogP contribution is 2.29. The van der Waals surface area contributed by atoms with Crippen LogP contribution in [-0.4, -0.2) is 16.1 Å². The number of oxazole rings is 1. The Morgan fingerprint density at radius 1 is 1.19 bits per heavy atom. The van der Waals surface area contributed by atoms with Crippen LogP contribution in [0.25, 0.3) is 11.1 Å². The Hall–Kier alpha value is -2.53. The number of aryl methyl sites for hydroxylation is 2. The molecule has 26 heavy (non-hydrogen) atoms. The van der Waals surface area contributed by atoms with Gasteiger partial charge in [-0.1, -0.05) is 17.7 Å². The molecule has 136 valence electrons. The van der Waals surface area contributed by atoms with E-state index in [-0.39, 0.29) is 6.42 Å². The molecule has 0 radical (unpaired) electrons. The molecule has 2 aromatic carbocycles. The lowest BCUT2D eigenvalue weighted by atomic mass is 9.99. The minimum atomic E-state index is -0.796. The third-order valence-corrected chi connectivity index (χ3v) is 4.70. The predicted molar refractivity (Wildman–Crippen MR) is 100.0 cm³/mol. The predicted octanol–water partition coefficient (Wildman–Crippen LogP) is 5.00. The Morgan fingerprint density at radius 2 is 1.96 bits per heavy atom. The first-order valence-corrected chi connectivity index (χ1v) is 8.72. The molecular weight excluding hydrogens is 354 g/mol. The highest BCUT2D eigenvalue weighted by molar-refractivity contribution is 6.31. The maximum atomic E-state index is 10.8. The van der Waals surface area contributed by atoms with E-state index < -0.39 is 5.97 Å². The number of benzene rings is 2. The topological polar surface area (TPSA) is 72.6 Å². The number of hydrogen-bond donors (Lipinski definition) is 1. The van der Waals surface area contributed by atoms with E-state index in [0.717, 1.165) is 33.5 Å². The van der Waals surface area contributed by atoms with Gasteiger partial charge in [0.05, 0.1) is 0 Å². The van der Waals surface area contributed by atoms with E-state index in [0.29, 0.717) is 29.5 Å². The average molecular weight is 374 g/mol. The summed E-state index contributed by atoms with van der Waals surface area (Å²) in [7, 11) is 0. The first-order chi connectivity index (χ1) is 12.3. The van der Waals surface area contributed by atoms with Gasteiger partial charge in [-0.2, -0.15) is 0 Å². The molecule has 0 aliphatic rings. The Balaban J connectivity index is 1.82. The van der Waals surface area contributed by atoms with Gasteiger partial charge in [0.2, 0.25) is 0 Å². The van der Waals surface area contributed by atoms with E-state index in [1.165, 1.54) is 0 Å². The third-order valence-electron chi connectivity index (χ3n) is 4.49. The van der Waals surface area contributed by atoms with Crippen LogP contribution in [0.4, 0.5) is 0 Å². The van der Waals surface area contributed by atoms with E-state index in [9.17, 15) is 4.79 Å². The van der Waals surface area contributed by atoms with Crippen LogP contribution in [-0.2, 0) is 17.8 Å². The quantitative estimate of drug-likeness (QED) is 0.658. The molecule has 1 aromatic heterocycles. The summed E-state index contributed by atoms with van der Waals surface area (Å²) in [6.45, 7) is 6.07. The molecule has 3 aromatic rings. The monoisotopic (exact) mass is 373 g/mol. The van der Waals surface area contributed by atoms with Crippen LogP contribution in [0.5, 0.6) is 5.75 Å². The third kappa shape index (κ3) is 3.83. The summed E-state index contributed by atoms with van der Waals surface area (Å²) >= 11 is 6.16. The van der Waals surface area contributed by atoms with Gasteiger partial charge in [0.1, 0.15) is 17.9 Å². The molecule has 0 spiro atoms. The van der Waals surface area contributed by atoms with Crippen molar-refractivity contribution >= 4 is 28.7 Å². The van der Waals surface area contributed by atoms with Gasteiger partial charge >= 0.3 is 5.97 Å². The molecule has 0 aliphatic heterocycles. The molecule has 6 heteroatoms. The lowest BCUT2D eigenvalue weighted by Gasteiger charge is -2.14. The molecule has 1 N–H and O–H groups in total. The Morgan fingerprint density at radius 3 is 2.69 bits per heavy atom. The fraction of sp³-hybridized carbons (Fsp3) is 0.300. The summed E-state index contributed by atoms with van der Waals surface area (Å²) in [5.41, 5.74) is 5.33. The zero-order chi connectivity index (χ0) is 18.8. The lowest BCUT2D eigenvalue weighted by molar-refractivity contribution is -0.136. The minimum Gasteiger partial charge on any atom is -0.489 e. The summed E-state index contributed by atoms with van der Waals surface area (Å²) in [6.07, 6.45) is 0.627.